The number of nitrogens with zero attached hydrogens (tertiary/aromatic N) is 3. The maximum Gasteiger partial charge on any atom is 0.310 e. The molecule has 0 aliphatic rings. The molecule has 0 aliphatic heterocycles. The summed E-state index contributed by atoms with van der Waals surface area (Å²) in [5.41, 5.74) is 2.49. The van der Waals surface area contributed by atoms with E-state index in [1.807, 2.05) is 47.2 Å². The first-order valence-corrected chi connectivity index (χ1v) is 8.57. The Morgan fingerprint density at radius 3 is 3.00 bits per heavy atom. The van der Waals surface area contributed by atoms with Crippen molar-refractivity contribution in [1.82, 2.24) is 15.1 Å². The number of carbonyl (C=O) groups excluding carboxylic acids is 1. The van der Waals surface area contributed by atoms with Gasteiger partial charge in [0.1, 0.15) is 0 Å². The number of pyridine rings is 1. The second-order valence-electron chi connectivity index (χ2n) is 5.36. The van der Waals surface area contributed by atoms with E-state index >= 15 is 0 Å². The molecular formula is C18H13N3O3S. The molecule has 0 unspecified atom stereocenters. The van der Waals surface area contributed by atoms with E-state index in [9.17, 15) is 4.79 Å². The Morgan fingerprint density at radius 1 is 1.20 bits per heavy atom. The molecule has 0 saturated carbocycles. The van der Waals surface area contributed by atoms with Crippen LogP contribution < -0.4 is 0 Å². The zero-order valence-electron chi connectivity index (χ0n) is 13.1. The number of hydrogen-bond donors (Lipinski definition) is 0. The average Bonchev–Trinajstić information content (AvgIpc) is 3.32. The Hall–Kier alpha value is -3.06. The number of rotatable bonds is 5. The molecule has 3 heterocycles. The highest BCUT2D eigenvalue weighted by Gasteiger charge is 2.13. The van der Waals surface area contributed by atoms with Gasteiger partial charge in [0.2, 0.25) is 5.82 Å². The quantitative estimate of drug-likeness (QED) is 0.511. The van der Waals surface area contributed by atoms with Crippen LogP contribution in [0.1, 0.15) is 11.4 Å². The van der Waals surface area contributed by atoms with Crippen molar-refractivity contribution in [2.75, 3.05) is 0 Å². The minimum atomic E-state index is -0.361. The van der Waals surface area contributed by atoms with Crippen LogP contribution in [0.5, 0.6) is 0 Å². The third-order valence-electron chi connectivity index (χ3n) is 3.65. The minimum absolute atomic E-state index is 0.0231. The summed E-state index contributed by atoms with van der Waals surface area (Å²) in [6, 6.07) is 11.5. The first-order chi connectivity index (χ1) is 12.3. The molecule has 124 valence electrons. The van der Waals surface area contributed by atoms with E-state index in [0.717, 1.165) is 22.0 Å². The van der Waals surface area contributed by atoms with E-state index in [4.69, 9.17) is 9.26 Å². The molecule has 25 heavy (non-hydrogen) atoms. The van der Waals surface area contributed by atoms with Crippen molar-refractivity contribution in [3.05, 3.63) is 64.7 Å². The van der Waals surface area contributed by atoms with Gasteiger partial charge in [-0.25, -0.2) is 0 Å². The van der Waals surface area contributed by atoms with E-state index in [1.54, 1.807) is 17.5 Å². The van der Waals surface area contributed by atoms with Crippen LogP contribution in [0.15, 0.2) is 57.9 Å². The summed E-state index contributed by atoms with van der Waals surface area (Å²) in [5, 5.41) is 8.66. The zero-order chi connectivity index (χ0) is 17.1. The van der Waals surface area contributed by atoms with Gasteiger partial charge in [-0.3, -0.25) is 9.78 Å². The fraction of sp³-hybridized carbons (Fsp3) is 0.111. The highest BCUT2D eigenvalue weighted by atomic mass is 32.1. The number of benzene rings is 1. The van der Waals surface area contributed by atoms with Gasteiger partial charge in [0.05, 0.1) is 17.5 Å². The van der Waals surface area contributed by atoms with Gasteiger partial charge in [-0.05, 0) is 23.1 Å². The van der Waals surface area contributed by atoms with Crippen LogP contribution in [0.25, 0.3) is 22.4 Å². The third-order valence-corrected chi connectivity index (χ3v) is 4.33. The predicted octanol–water partition coefficient (Wildman–Crippen LogP) is 3.63. The molecule has 0 amide bonds. The van der Waals surface area contributed by atoms with Crippen LogP contribution in [-0.4, -0.2) is 21.1 Å². The standard InChI is InChI=1S/C18H13N3O3S/c22-16(9-13-4-1-3-12-5-2-7-19-17(12)13)23-10-15-20-18(24-21-15)14-6-8-25-11-14/h1-8,11H,9-10H2. The molecule has 0 radical (unpaired) electrons. The second-order valence-corrected chi connectivity index (χ2v) is 6.14. The van der Waals surface area contributed by atoms with Gasteiger partial charge < -0.3 is 9.26 Å². The summed E-state index contributed by atoms with van der Waals surface area (Å²) in [4.78, 5) is 20.7. The van der Waals surface area contributed by atoms with Crippen molar-refractivity contribution < 1.29 is 14.1 Å². The molecule has 1 aromatic carbocycles. The summed E-state index contributed by atoms with van der Waals surface area (Å²) in [6.07, 6.45) is 1.85. The Bertz CT molecular complexity index is 1010. The summed E-state index contributed by atoms with van der Waals surface area (Å²) in [7, 11) is 0. The maximum absolute atomic E-state index is 12.1. The van der Waals surface area contributed by atoms with E-state index in [0.29, 0.717) is 11.7 Å². The van der Waals surface area contributed by atoms with Crippen molar-refractivity contribution >= 4 is 28.2 Å². The lowest BCUT2D eigenvalue weighted by molar-refractivity contribution is -0.144. The SMILES string of the molecule is O=C(Cc1cccc2cccnc12)OCc1noc(-c2ccsc2)n1. The molecule has 3 aromatic heterocycles. The van der Waals surface area contributed by atoms with Crippen molar-refractivity contribution in [2.24, 2.45) is 0 Å². The number of ether oxygens (including phenoxy) is 1. The normalized spacial score (nSPS) is 10.9. The van der Waals surface area contributed by atoms with Crippen LogP contribution in [0.2, 0.25) is 0 Å². The van der Waals surface area contributed by atoms with Gasteiger partial charge in [0, 0.05) is 17.0 Å². The lowest BCUT2D eigenvalue weighted by Gasteiger charge is -2.05. The van der Waals surface area contributed by atoms with Gasteiger partial charge >= 0.3 is 5.97 Å². The van der Waals surface area contributed by atoms with Crippen LogP contribution in [0.4, 0.5) is 0 Å². The second kappa shape index (κ2) is 6.82. The van der Waals surface area contributed by atoms with E-state index in [-0.39, 0.29) is 19.0 Å². The van der Waals surface area contributed by atoms with E-state index < -0.39 is 0 Å². The fourth-order valence-electron chi connectivity index (χ4n) is 2.48. The summed E-state index contributed by atoms with van der Waals surface area (Å²) >= 11 is 1.54. The highest BCUT2D eigenvalue weighted by Crippen LogP contribution is 2.20. The van der Waals surface area contributed by atoms with Gasteiger partial charge in [-0.1, -0.05) is 29.4 Å². The van der Waals surface area contributed by atoms with Crippen LogP contribution in [-0.2, 0) is 22.6 Å². The molecule has 4 rings (SSSR count). The molecule has 0 atom stereocenters. The summed E-state index contributed by atoms with van der Waals surface area (Å²) in [6.45, 7) is -0.0231. The molecule has 7 heteroatoms. The maximum atomic E-state index is 12.1. The topological polar surface area (TPSA) is 78.1 Å². The lowest BCUT2D eigenvalue weighted by atomic mass is 10.1. The smallest absolute Gasteiger partial charge is 0.310 e. The summed E-state index contributed by atoms with van der Waals surface area (Å²) < 4.78 is 10.4. The number of fused-ring (bicyclic) bond motifs is 1. The first kappa shape index (κ1) is 15.5. The first-order valence-electron chi connectivity index (χ1n) is 7.63. The van der Waals surface area contributed by atoms with Crippen molar-refractivity contribution in [1.29, 1.82) is 0 Å². The molecule has 0 bridgehead atoms. The fourth-order valence-corrected chi connectivity index (χ4v) is 3.11. The monoisotopic (exact) mass is 351 g/mol. The van der Waals surface area contributed by atoms with Crippen molar-refractivity contribution in [2.45, 2.75) is 13.0 Å². The number of aromatic nitrogens is 3. The number of esters is 1. The van der Waals surface area contributed by atoms with Gasteiger partial charge in [0.15, 0.2) is 6.61 Å². The Balaban J connectivity index is 1.41. The van der Waals surface area contributed by atoms with Gasteiger partial charge in [0.25, 0.3) is 5.89 Å². The van der Waals surface area contributed by atoms with Crippen molar-refractivity contribution in [3.8, 4) is 11.5 Å². The molecule has 6 nitrogen and oxygen atoms in total. The molecular weight excluding hydrogens is 338 g/mol. The van der Waals surface area contributed by atoms with Crippen LogP contribution in [0.3, 0.4) is 0 Å². The zero-order valence-corrected chi connectivity index (χ0v) is 13.9. The summed E-state index contributed by atoms with van der Waals surface area (Å²) in [5.74, 6) is 0.399. The molecule has 0 N–H and O–H groups in total. The highest BCUT2D eigenvalue weighted by molar-refractivity contribution is 7.08. The molecule has 0 fully saturated rings. The van der Waals surface area contributed by atoms with Crippen LogP contribution >= 0.6 is 11.3 Å². The molecule has 4 aromatic rings. The van der Waals surface area contributed by atoms with Gasteiger partial charge in [-0.2, -0.15) is 16.3 Å². The molecule has 0 spiro atoms. The predicted molar refractivity (Wildman–Crippen MR) is 92.9 cm³/mol. The largest absolute Gasteiger partial charge is 0.457 e. The number of thiophene rings is 1. The number of carbonyl (C=O) groups is 1. The lowest BCUT2D eigenvalue weighted by Crippen LogP contribution is -2.09. The molecule has 0 saturated heterocycles. The Kier molecular flexibility index (Phi) is 4.22. The van der Waals surface area contributed by atoms with Crippen molar-refractivity contribution in [3.63, 3.8) is 0 Å². The van der Waals surface area contributed by atoms with Gasteiger partial charge in [-0.15, -0.1) is 0 Å². The van der Waals surface area contributed by atoms with E-state index in [2.05, 4.69) is 15.1 Å². The minimum Gasteiger partial charge on any atom is -0.457 e. The van der Waals surface area contributed by atoms with E-state index in [1.165, 1.54) is 0 Å². The Morgan fingerprint density at radius 2 is 2.12 bits per heavy atom. The Labute approximate surface area is 147 Å². The number of para-hydroxylation sites is 1. The molecule has 0 aliphatic carbocycles. The number of hydrogen-bond acceptors (Lipinski definition) is 7. The van der Waals surface area contributed by atoms with Crippen LogP contribution in [0, 0.1) is 0 Å². The third kappa shape index (κ3) is 3.41. The average molecular weight is 351 g/mol.